The van der Waals surface area contributed by atoms with Gasteiger partial charge in [-0.15, -0.1) is 12.4 Å². The second kappa shape index (κ2) is 9.13. The lowest BCUT2D eigenvalue weighted by atomic mass is 9.89. The van der Waals surface area contributed by atoms with Gasteiger partial charge in [0.25, 0.3) is 0 Å². The van der Waals surface area contributed by atoms with Crippen LogP contribution in [-0.2, 0) is 25.8 Å². The van der Waals surface area contributed by atoms with Crippen molar-refractivity contribution in [2.24, 2.45) is 5.73 Å². The number of nitrogens with zero attached hydrogens (tertiary/aromatic N) is 2. The Hall–Kier alpha value is -2.50. The van der Waals surface area contributed by atoms with Crippen molar-refractivity contribution in [2.45, 2.75) is 45.1 Å². The van der Waals surface area contributed by atoms with Crippen LogP contribution >= 0.6 is 12.4 Å². The van der Waals surface area contributed by atoms with E-state index in [2.05, 4.69) is 22.3 Å². The Labute approximate surface area is 170 Å². The summed E-state index contributed by atoms with van der Waals surface area (Å²) in [7, 11) is 0. The first-order valence-electron chi connectivity index (χ1n) is 9.50. The number of hydrogen-bond donors (Lipinski definition) is 1. The molecular formula is C22H24ClN3O2. The number of Topliss-reactive ketones (excluding diaryl/α,β-unsaturated/α-hetero) is 1. The molecule has 6 heteroatoms. The second-order valence-corrected chi connectivity index (χ2v) is 7.03. The summed E-state index contributed by atoms with van der Waals surface area (Å²) in [6.45, 7) is 0.503. The van der Waals surface area contributed by atoms with Crippen LogP contribution in [0.25, 0.3) is 11.4 Å². The highest BCUT2D eigenvalue weighted by molar-refractivity contribution is 5.96. The van der Waals surface area contributed by atoms with Gasteiger partial charge in [-0.1, -0.05) is 41.6 Å². The lowest BCUT2D eigenvalue weighted by Gasteiger charge is -2.16. The first kappa shape index (κ1) is 20.2. The number of ketones is 1. The van der Waals surface area contributed by atoms with E-state index in [-0.39, 0.29) is 18.2 Å². The van der Waals surface area contributed by atoms with E-state index in [0.29, 0.717) is 31.1 Å². The minimum Gasteiger partial charge on any atom is -0.339 e. The van der Waals surface area contributed by atoms with Crippen LogP contribution in [0.5, 0.6) is 0 Å². The molecule has 2 N–H and O–H groups in total. The van der Waals surface area contributed by atoms with Gasteiger partial charge in [0.05, 0.1) is 0 Å². The molecule has 1 aliphatic rings. The fourth-order valence-corrected chi connectivity index (χ4v) is 3.54. The van der Waals surface area contributed by atoms with E-state index in [9.17, 15) is 4.79 Å². The summed E-state index contributed by atoms with van der Waals surface area (Å²) in [5.41, 5.74) is 11.0. The highest BCUT2D eigenvalue weighted by Gasteiger charge is 2.15. The SMILES string of the molecule is Cl.NCc1ccc(-c2noc(CCC(=O)c3ccc4c(c3)CCCC4)n2)cc1. The van der Waals surface area contributed by atoms with E-state index < -0.39 is 0 Å². The standard InChI is InChI=1S/C22H23N3O2.ClH/c23-14-15-5-7-17(8-6-15)22-24-21(27-25-22)12-11-20(26)19-10-9-16-3-1-2-4-18(16)13-19;/h5-10,13H,1-4,11-12,14,23H2;1H. The van der Waals surface area contributed by atoms with Gasteiger partial charge in [0.2, 0.25) is 11.7 Å². The average Bonchev–Trinajstić information content (AvgIpc) is 3.21. The zero-order chi connectivity index (χ0) is 18.6. The Balaban J connectivity index is 0.00000225. The predicted molar refractivity (Wildman–Crippen MR) is 111 cm³/mol. The number of fused-ring (bicyclic) bond motifs is 1. The topological polar surface area (TPSA) is 82.0 Å². The number of benzene rings is 2. The number of carbonyl (C=O) groups excluding carboxylic acids is 1. The van der Waals surface area contributed by atoms with Gasteiger partial charge in [-0.2, -0.15) is 4.98 Å². The molecule has 0 aliphatic heterocycles. The van der Waals surface area contributed by atoms with E-state index in [1.807, 2.05) is 30.3 Å². The quantitative estimate of drug-likeness (QED) is 0.626. The van der Waals surface area contributed by atoms with Gasteiger partial charge in [-0.05, 0) is 48.4 Å². The van der Waals surface area contributed by atoms with Crippen molar-refractivity contribution in [1.82, 2.24) is 10.1 Å². The van der Waals surface area contributed by atoms with E-state index in [1.54, 1.807) is 0 Å². The highest BCUT2D eigenvalue weighted by Crippen LogP contribution is 2.23. The summed E-state index contributed by atoms with van der Waals surface area (Å²) < 4.78 is 5.31. The lowest BCUT2D eigenvalue weighted by molar-refractivity contribution is 0.0979. The Morgan fingerprint density at radius 3 is 2.54 bits per heavy atom. The van der Waals surface area contributed by atoms with Crippen LogP contribution in [0.4, 0.5) is 0 Å². The minimum atomic E-state index is 0. The van der Waals surface area contributed by atoms with E-state index in [4.69, 9.17) is 10.3 Å². The maximum Gasteiger partial charge on any atom is 0.227 e. The highest BCUT2D eigenvalue weighted by atomic mass is 35.5. The predicted octanol–water partition coefficient (Wildman–Crippen LogP) is 4.31. The maximum atomic E-state index is 12.5. The minimum absolute atomic E-state index is 0. The molecule has 0 fully saturated rings. The number of hydrogen-bond acceptors (Lipinski definition) is 5. The zero-order valence-electron chi connectivity index (χ0n) is 15.7. The second-order valence-electron chi connectivity index (χ2n) is 7.03. The number of rotatable bonds is 6. The molecule has 0 bridgehead atoms. The van der Waals surface area contributed by atoms with Crippen LogP contribution < -0.4 is 5.73 Å². The Kier molecular flexibility index (Phi) is 6.60. The fourth-order valence-electron chi connectivity index (χ4n) is 3.54. The molecule has 0 amide bonds. The van der Waals surface area contributed by atoms with Crippen molar-refractivity contribution in [2.75, 3.05) is 0 Å². The van der Waals surface area contributed by atoms with Crippen molar-refractivity contribution in [1.29, 1.82) is 0 Å². The van der Waals surface area contributed by atoms with Crippen LogP contribution in [0.2, 0.25) is 0 Å². The fraction of sp³-hybridized carbons (Fsp3) is 0.318. The summed E-state index contributed by atoms with van der Waals surface area (Å²) in [5.74, 6) is 1.14. The normalized spacial score (nSPS) is 12.9. The first-order chi connectivity index (χ1) is 13.2. The molecule has 2 aromatic carbocycles. The van der Waals surface area contributed by atoms with Crippen LogP contribution in [-0.4, -0.2) is 15.9 Å². The van der Waals surface area contributed by atoms with Crippen LogP contribution in [0.15, 0.2) is 47.0 Å². The summed E-state index contributed by atoms with van der Waals surface area (Å²) in [4.78, 5) is 17.0. The third-order valence-corrected chi connectivity index (χ3v) is 5.15. The first-order valence-corrected chi connectivity index (χ1v) is 9.50. The largest absolute Gasteiger partial charge is 0.339 e. The molecule has 0 radical (unpaired) electrons. The van der Waals surface area contributed by atoms with E-state index in [1.165, 1.54) is 24.0 Å². The summed E-state index contributed by atoms with van der Waals surface area (Å²) >= 11 is 0. The van der Waals surface area contributed by atoms with Crippen LogP contribution in [0.3, 0.4) is 0 Å². The molecule has 4 rings (SSSR count). The third-order valence-electron chi connectivity index (χ3n) is 5.15. The summed E-state index contributed by atoms with van der Waals surface area (Å²) in [5, 5.41) is 4.02. The number of carbonyl (C=O) groups is 1. The third kappa shape index (κ3) is 4.49. The van der Waals surface area contributed by atoms with Crippen molar-refractivity contribution in [3.8, 4) is 11.4 Å². The van der Waals surface area contributed by atoms with E-state index in [0.717, 1.165) is 29.5 Å². The molecule has 1 aromatic heterocycles. The Morgan fingerprint density at radius 1 is 1.04 bits per heavy atom. The molecule has 28 heavy (non-hydrogen) atoms. The van der Waals surface area contributed by atoms with Gasteiger partial charge in [0.15, 0.2) is 5.78 Å². The average molecular weight is 398 g/mol. The van der Waals surface area contributed by atoms with Crippen molar-refractivity contribution in [3.05, 3.63) is 70.6 Å². The molecule has 0 spiro atoms. The van der Waals surface area contributed by atoms with Crippen molar-refractivity contribution < 1.29 is 9.32 Å². The number of aromatic nitrogens is 2. The molecule has 1 aliphatic carbocycles. The Morgan fingerprint density at radius 2 is 1.79 bits per heavy atom. The molecular weight excluding hydrogens is 374 g/mol. The molecule has 1 heterocycles. The van der Waals surface area contributed by atoms with Crippen LogP contribution in [0.1, 0.15) is 52.2 Å². The Bertz CT molecular complexity index is 951. The smallest absolute Gasteiger partial charge is 0.227 e. The molecule has 0 unspecified atom stereocenters. The number of halogens is 1. The van der Waals surface area contributed by atoms with Crippen molar-refractivity contribution >= 4 is 18.2 Å². The van der Waals surface area contributed by atoms with Gasteiger partial charge >= 0.3 is 0 Å². The zero-order valence-corrected chi connectivity index (χ0v) is 16.5. The molecule has 0 atom stereocenters. The maximum absolute atomic E-state index is 12.5. The van der Waals surface area contributed by atoms with Crippen LogP contribution in [0, 0.1) is 0 Å². The monoisotopic (exact) mass is 397 g/mol. The van der Waals surface area contributed by atoms with Gasteiger partial charge in [-0.3, -0.25) is 4.79 Å². The van der Waals surface area contributed by atoms with E-state index >= 15 is 0 Å². The number of nitrogens with two attached hydrogens (primary N) is 1. The molecule has 0 saturated carbocycles. The summed E-state index contributed by atoms with van der Waals surface area (Å²) in [6, 6.07) is 13.9. The van der Waals surface area contributed by atoms with Crippen molar-refractivity contribution in [3.63, 3.8) is 0 Å². The molecule has 3 aromatic rings. The van der Waals surface area contributed by atoms with Gasteiger partial charge in [-0.25, -0.2) is 0 Å². The summed E-state index contributed by atoms with van der Waals surface area (Å²) in [6.07, 6.45) is 5.47. The number of aryl methyl sites for hydroxylation is 3. The molecule has 5 nitrogen and oxygen atoms in total. The van der Waals surface area contributed by atoms with Gasteiger partial charge < -0.3 is 10.3 Å². The van der Waals surface area contributed by atoms with Gasteiger partial charge in [0.1, 0.15) is 0 Å². The lowest BCUT2D eigenvalue weighted by Crippen LogP contribution is -2.07. The van der Waals surface area contributed by atoms with Gasteiger partial charge in [0, 0.05) is 30.5 Å². The molecule has 146 valence electrons. The molecule has 0 saturated heterocycles.